The van der Waals surface area contributed by atoms with Crippen LogP contribution in [0.2, 0.25) is 0 Å². The average Bonchev–Trinajstić information content (AvgIpc) is 2.67. The molecule has 0 fully saturated rings. The molecular formula is C23H20F3NO. The van der Waals surface area contributed by atoms with Crippen LogP contribution in [-0.2, 0) is 19.1 Å². The molecule has 0 spiro atoms. The highest BCUT2D eigenvalue weighted by molar-refractivity contribution is 6.02. The summed E-state index contributed by atoms with van der Waals surface area (Å²) in [6.07, 6.45) is -4.51. The van der Waals surface area contributed by atoms with Gasteiger partial charge in [0.15, 0.2) is 5.78 Å². The molecule has 3 rings (SSSR count). The molecule has 0 aliphatic heterocycles. The van der Waals surface area contributed by atoms with E-state index in [4.69, 9.17) is 0 Å². The number of benzene rings is 3. The van der Waals surface area contributed by atoms with E-state index in [0.717, 1.165) is 23.3 Å². The Morgan fingerprint density at radius 3 is 2.39 bits per heavy atom. The number of nitrogens with one attached hydrogen (secondary N) is 1. The molecule has 0 bridgehead atoms. The van der Waals surface area contributed by atoms with E-state index in [1.807, 2.05) is 37.3 Å². The van der Waals surface area contributed by atoms with E-state index < -0.39 is 11.7 Å². The number of carbonyl (C=O) groups is 1. The smallest absolute Gasteiger partial charge is 0.380 e. The Morgan fingerprint density at radius 2 is 1.64 bits per heavy atom. The van der Waals surface area contributed by atoms with Crippen LogP contribution in [0, 0.1) is 6.92 Å². The lowest BCUT2D eigenvalue weighted by Crippen LogP contribution is -2.11. The first-order valence-corrected chi connectivity index (χ1v) is 8.91. The third-order valence-corrected chi connectivity index (χ3v) is 4.58. The Hall–Kier alpha value is -3.08. The number of halogens is 3. The lowest BCUT2D eigenvalue weighted by Gasteiger charge is -2.13. The van der Waals surface area contributed by atoms with Gasteiger partial charge in [0.05, 0.1) is 5.56 Å². The zero-order valence-electron chi connectivity index (χ0n) is 15.4. The zero-order valence-corrected chi connectivity index (χ0v) is 15.4. The van der Waals surface area contributed by atoms with E-state index in [9.17, 15) is 18.0 Å². The van der Waals surface area contributed by atoms with Gasteiger partial charge < -0.3 is 5.32 Å². The van der Waals surface area contributed by atoms with E-state index in [0.29, 0.717) is 23.4 Å². The molecule has 0 radical (unpaired) electrons. The monoisotopic (exact) mass is 383 g/mol. The Balaban J connectivity index is 1.77. The van der Waals surface area contributed by atoms with Crippen LogP contribution in [-0.4, -0.2) is 5.78 Å². The molecule has 3 aromatic carbocycles. The van der Waals surface area contributed by atoms with E-state index >= 15 is 0 Å². The van der Waals surface area contributed by atoms with Crippen LogP contribution >= 0.6 is 0 Å². The van der Waals surface area contributed by atoms with Crippen molar-refractivity contribution in [1.82, 2.24) is 0 Å². The maximum atomic E-state index is 12.9. The van der Waals surface area contributed by atoms with Crippen LogP contribution in [0.3, 0.4) is 0 Å². The van der Waals surface area contributed by atoms with Crippen LogP contribution in [0.4, 0.5) is 18.9 Å². The molecule has 0 saturated carbocycles. The fourth-order valence-electron chi connectivity index (χ4n) is 3.02. The molecule has 0 aromatic heterocycles. The van der Waals surface area contributed by atoms with Gasteiger partial charge in [0, 0.05) is 24.2 Å². The van der Waals surface area contributed by atoms with Crippen molar-refractivity contribution >= 4 is 11.5 Å². The second-order valence-electron chi connectivity index (χ2n) is 6.62. The second-order valence-corrected chi connectivity index (χ2v) is 6.62. The van der Waals surface area contributed by atoms with Crippen molar-refractivity contribution in [2.45, 2.75) is 26.1 Å². The maximum Gasteiger partial charge on any atom is 0.416 e. The molecule has 2 nitrogen and oxygen atoms in total. The number of rotatable bonds is 6. The van der Waals surface area contributed by atoms with Gasteiger partial charge in [-0.15, -0.1) is 0 Å². The number of hydrogen-bond donors (Lipinski definition) is 1. The molecule has 0 amide bonds. The summed E-state index contributed by atoms with van der Waals surface area (Å²) in [5, 5.41) is 3.27. The third kappa shape index (κ3) is 4.80. The summed E-state index contributed by atoms with van der Waals surface area (Å²) in [5.74, 6) is -0.229. The predicted molar refractivity (Wildman–Crippen MR) is 104 cm³/mol. The number of carbonyl (C=O) groups excluding carboxylic acids is 1. The Labute approximate surface area is 162 Å². The SMILES string of the molecule is Cc1ccccc1CNc1ccccc1C(=O)Cc1cccc(C(F)(F)F)c1. The first-order valence-electron chi connectivity index (χ1n) is 8.91. The van der Waals surface area contributed by atoms with Gasteiger partial charge in [0.2, 0.25) is 0 Å². The second kappa shape index (κ2) is 8.30. The Kier molecular flexibility index (Phi) is 5.83. The fraction of sp³-hybridized carbons (Fsp3) is 0.174. The van der Waals surface area contributed by atoms with E-state index in [1.54, 1.807) is 18.2 Å². The fourth-order valence-corrected chi connectivity index (χ4v) is 3.02. The number of ketones is 1. The van der Waals surface area contributed by atoms with Gasteiger partial charge in [-0.3, -0.25) is 4.79 Å². The van der Waals surface area contributed by atoms with E-state index in [-0.39, 0.29) is 12.2 Å². The summed E-state index contributed by atoms with van der Waals surface area (Å²) in [6.45, 7) is 2.57. The highest BCUT2D eigenvalue weighted by Gasteiger charge is 2.30. The molecular weight excluding hydrogens is 363 g/mol. The average molecular weight is 383 g/mol. The van der Waals surface area contributed by atoms with Crippen molar-refractivity contribution in [3.63, 3.8) is 0 Å². The van der Waals surface area contributed by atoms with Crippen LogP contribution in [0.15, 0.2) is 72.8 Å². The Morgan fingerprint density at radius 1 is 0.929 bits per heavy atom. The van der Waals surface area contributed by atoms with Crippen LogP contribution in [0.5, 0.6) is 0 Å². The summed E-state index contributed by atoms with van der Waals surface area (Å²) in [4.78, 5) is 12.8. The highest BCUT2D eigenvalue weighted by atomic mass is 19.4. The molecule has 0 aliphatic carbocycles. The predicted octanol–water partition coefficient (Wildman–Crippen LogP) is 6.05. The summed E-state index contributed by atoms with van der Waals surface area (Å²) in [7, 11) is 0. The van der Waals surface area contributed by atoms with Gasteiger partial charge in [-0.25, -0.2) is 0 Å². The van der Waals surface area contributed by atoms with Crippen LogP contribution in [0.25, 0.3) is 0 Å². The standard InChI is InChI=1S/C23H20F3NO/c1-16-7-2-3-9-18(16)15-27-21-12-5-4-11-20(21)22(28)14-17-8-6-10-19(13-17)23(24,25)26/h2-13,27H,14-15H2,1H3. The van der Waals surface area contributed by atoms with Gasteiger partial charge in [-0.1, -0.05) is 54.6 Å². The first kappa shape index (κ1) is 19.7. The lowest BCUT2D eigenvalue weighted by molar-refractivity contribution is -0.137. The molecule has 1 N–H and O–H groups in total. The molecule has 0 unspecified atom stereocenters. The zero-order chi connectivity index (χ0) is 20.1. The number of Topliss-reactive ketones (excluding diaryl/α,β-unsaturated/α-hetero) is 1. The van der Waals surface area contributed by atoms with Gasteiger partial charge in [0.25, 0.3) is 0 Å². The topological polar surface area (TPSA) is 29.1 Å². The van der Waals surface area contributed by atoms with Crippen LogP contribution in [0.1, 0.15) is 32.6 Å². The minimum absolute atomic E-state index is 0.0903. The molecule has 28 heavy (non-hydrogen) atoms. The molecule has 0 atom stereocenters. The van der Waals surface area contributed by atoms with Gasteiger partial charge >= 0.3 is 6.18 Å². The van der Waals surface area contributed by atoms with Crippen molar-refractivity contribution in [2.24, 2.45) is 0 Å². The largest absolute Gasteiger partial charge is 0.416 e. The molecule has 3 aromatic rings. The number of aryl methyl sites for hydroxylation is 1. The lowest BCUT2D eigenvalue weighted by atomic mass is 9.99. The molecule has 0 aliphatic rings. The first-order chi connectivity index (χ1) is 13.3. The summed E-state index contributed by atoms with van der Waals surface area (Å²) in [5.41, 5.74) is 2.99. The maximum absolute atomic E-state index is 12.9. The van der Waals surface area contributed by atoms with Gasteiger partial charge in [-0.2, -0.15) is 13.2 Å². The van der Waals surface area contributed by atoms with Crippen molar-refractivity contribution in [3.8, 4) is 0 Å². The van der Waals surface area contributed by atoms with Gasteiger partial charge in [0.1, 0.15) is 0 Å². The molecule has 0 saturated heterocycles. The van der Waals surface area contributed by atoms with Crippen LogP contribution < -0.4 is 5.32 Å². The normalized spacial score (nSPS) is 11.3. The number of hydrogen-bond acceptors (Lipinski definition) is 2. The molecule has 144 valence electrons. The molecule has 5 heteroatoms. The Bertz CT molecular complexity index is 979. The van der Waals surface area contributed by atoms with Gasteiger partial charge in [-0.05, 0) is 41.8 Å². The quantitative estimate of drug-likeness (QED) is 0.525. The number of para-hydroxylation sites is 1. The van der Waals surface area contributed by atoms with E-state index in [2.05, 4.69) is 5.32 Å². The summed E-state index contributed by atoms with van der Waals surface area (Å²) in [6, 6.07) is 19.9. The molecule has 0 heterocycles. The minimum Gasteiger partial charge on any atom is -0.380 e. The van der Waals surface area contributed by atoms with Crippen molar-refractivity contribution in [3.05, 3.63) is 101 Å². The summed E-state index contributed by atoms with van der Waals surface area (Å²) < 4.78 is 38.7. The van der Waals surface area contributed by atoms with Crippen molar-refractivity contribution in [2.75, 3.05) is 5.32 Å². The minimum atomic E-state index is -4.42. The number of anilines is 1. The number of alkyl halides is 3. The third-order valence-electron chi connectivity index (χ3n) is 4.58. The summed E-state index contributed by atoms with van der Waals surface area (Å²) >= 11 is 0. The van der Waals surface area contributed by atoms with E-state index in [1.165, 1.54) is 12.1 Å². The highest BCUT2D eigenvalue weighted by Crippen LogP contribution is 2.30. The van der Waals surface area contributed by atoms with Crippen molar-refractivity contribution < 1.29 is 18.0 Å². The van der Waals surface area contributed by atoms with Crippen molar-refractivity contribution in [1.29, 1.82) is 0 Å².